The van der Waals surface area contributed by atoms with Gasteiger partial charge in [-0.25, -0.2) is 29.4 Å². The Morgan fingerprint density at radius 2 is 2.00 bits per heavy atom. The summed E-state index contributed by atoms with van der Waals surface area (Å²) in [6.45, 7) is 1.94. The molecule has 0 spiro atoms. The number of nitrogens with one attached hydrogen (secondary N) is 2. The Morgan fingerprint density at radius 3 is 2.56 bits per heavy atom. The van der Waals surface area contributed by atoms with E-state index in [-0.39, 0.29) is 12.3 Å². The highest BCUT2D eigenvalue weighted by molar-refractivity contribution is 7.89. The van der Waals surface area contributed by atoms with Gasteiger partial charge in [-0.15, -0.1) is 0 Å². The molecule has 0 saturated heterocycles. The number of aromatic nitrogens is 2. The maximum absolute atomic E-state index is 10.7. The average Bonchev–Trinajstić information content (AvgIpc) is 2.19. The Kier molecular flexibility index (Phi) is 3.99. The standard InChI is InChI=1S/C7H14N6O2S/c1-5-6(10-2-3-16(9,14)15)11-4-12-7(5)13-8/h4H,2-3,8H2,1H3,(H2,9,14,15)(H2,10,11,12,13). The number of rotatable bonds is 5. The normalized spacial score (nSPS) is 11.2. The van der Waals surface area contributed by atoms with Gasteiger partial charge in [0.05, 0.1) is 5.75 Å². The van der Waals surface area contributed by atoms with Crippen LogP contribution in [0.25, 0.3) is 0 Å². The van der Waals surface area contributed by atoms with Crippen molar-refractivity contribution in [3.05, 3.63) is 11.9 Å². The van der Waals surface area contributed by atoms with E-state index < -0.39 is 10.0 Å². The maximum atomic E-state index is 10.7. The SMILES string of the molecule is Cc1c(NN)ncnc1NCCS(N)(=O)=O. The molecule has 0 atom stereocenters. The number of nitrogens with zero attached hydrogens (tertiary/aromatic N) is 2. The van der Waals surface area contributed by atoms with E-state index in [0.29, 0.717) is 17.2 Å². The third-order valence-corrected chi connectivity index (χ3v) is 2.67. The summed E-state index contributed by atoms with van der Waals surface area (Å²) in [4.78, 5) is 7.84. The minimum Gasteiger partial charge on any atom is -0.369 e. The van der Waals surface area contributed by atoms with Gasteiger partial charge in [0.1, 0.15) is 18.0 Å². The average molecular weight is 246 g/mol. The fraction of sp³-hybridized carbons (Fsp3) is 0.429. The van der Waals surface area contributed by atoms with Crippen molar-refractivity contribution in [1.29, 1.82) is 0 Å². The summed E-state index contributed by atoms with van der Waals surface area (Å²) < 4.78 is 21.4. The number of primary sulfonamides is 1. The van der Waals surface area contributed by atoms with Crippen LogP contribution in [0.15, 0.2) is 6.33 Å². The quantitative estimate of drug-likeness (QED) is 0.377. The van der Waals surface area contributed by atoms with Crippen LogP contribution in [0.4, 0.5) is 11.6 Å². The Hall–Kier alpha value is -1.45. The van der Waals surface area contributed by atoms with Gasteiger partial charge < -0.3 is 10.7 Å². The number of nitrogens with two attached hydrogens (primary N) is 2. The molecule has 6 N–H and O–H groups in total. The molecule has 1 heterocycles. The minimum absolute atomic E-state index is 0.165. The van der Waals surface area contributed by atoms with Crippen molar-refractivity contribution < 1.29 is 8.42 Å². The fourth-order valence-electron chi connectivity index (χ4n) is 1.09. The second-order valence-electron chi connectivity index (χ2n) is 3.13. The Morgan fingerprint density at radius 1 is 1.38 bits per heavy atom. The van der Waals surface area contributed by atoms with Crippen LogP contribution in [0.2, 0.25) is 0 Å². The highest BCUT2D eigenvalue weighted by Gasteiger charge is 2.07. The van der Waals surface area contributed by atoms with Gasteiger partial charge in [-0.05, 0) is 6.92 Å². The van der Waals surface area contributed by atoms with Crippen LogP contribution >= 0.6 is 0 Å². The monoisotopic (exact) mass is 246 g/mol. The molecule has 1 aromatic rings. The summed E-state index contributed by atoms with van der Waals surface area (Å²) in [7, 11) is -3.47. The van der Waals surface area contributed by atoms with Gasteiger partial charge in [-0.1, -0.05) is 0 Å². The van der Waals surface area contributed by atoms with Gasteiger partial charge in [-0.3, -0.25) is 0 Å². The first-order valence-electron chi connectivity index (χ1n) is 4.46. The number of nitrogen functional groups attached to an aromatic ring is 1. The van der Waals surface area contributed by atoms with E-state index in [9.17, 15) is 8.42 Å². The van der Waals surface area contributed by atoms with Crippen molar-refractivity contribution in [1.82, 2.24) is 9.97 Å². The molecule has 1 rings (SSSR count). The van der Waals surface area contributed by atoms with Gasteiger partial charge in [-0.2, -0.15) is 0 Å². The van der Waals surface area contributed by atoms with E-state index >= 15 is 0 Å². The predicted octanol–water partition coefficient (Wildman–Crippen LogP) is -1.23. The molecule has 0 saturated carbocycles. The first-order chi connectivity index (χ1) is 7.44. The molecule has 90 valence electrons. The zero-order chi connectivity index (χ0) is 12.2. The molecule has 1 aromatic heterocycles. The van der Waals surface area contributed by atoms with Crippen molar-refractivity contribution in [2.24, 2.45) is 11.0 Å². The second kappa shape index (κ2) is 5.05. The summed E-state index contributed by atoms with van der Waals surface area (Å²) >= 11 is 0. The van der Waals surface area contributed by atoms with Crippen LogP contribution in [-0.2, 0) is 10.0 Å². The van der Waals surface area contributed by atoms with Gasteiger partial charge in [0.25, 0.3) is 0 Å². The third kappa shape index (κ3) is 3.61. The molecule has 0 aliphatic carbocycles. The molecule has 0 bridgehead atoms. The van der Waals surface area contributed by atoms with Crippen LogP contribution < -0.4 is 21.7 Å². The Balaban J connectivity index is 2.68. The van der Waals surface area contributed by atoms with E-state index in [1.54, 1.807) is 6.92 Å². The topological polar surface area (TPSA) is 136 Å². The van der Waals surface area contributed by atoms with Crippen LogP contribution in [0, 0.1) is 6.92 Å². The van der Waals surface area contributed by atoms with Crippen molar-refractivity contribution >= 4 is 21.7 Å². The molecule has 0 fully saturated rings. The largest absolute Gasteiger partial charge is 0.369 e. The maximum Gasteiger partial charge on any atom is 0.210 e. The molecular formula is C7H14N6O2S. The summed E-state index contributed by atoms with van der Waals surface area (Å²) in [5, 5.41) is 7.70. The van der Waals surface area contributed by atoms with Crippen molar-refractivity contribution in [2.75, 3.05) is 23.0 Å². The molecule has 8 nitrogen and oxygen atoms in total. The van der Waals surface area contributed by atoms with Gasteiger partial charge in [0, 0.05) is 12.1 Å². The van der Waals surface area contributed by atoms with Gasteiger partial charge >= 0.3 is 0 Å². The van der Waals surface area contributed by atoms with Gasteiger partial charge in [0.15, 0.2) is 0 Å². The molecule has 0 radical (unpaired) electrons. The summed E-state index contributed by atoms with van der Waals surface area (Å²) in [5.74, 6) is 6.07. The third-order valence-electron chi connectivity index (χ3n) is 1.90. The highest BCUT2D eigenvalue weighted by Crippen LogP contribution is 2.16. The predicted molar refractivity (Wildman–Crippen MR) is 61.0 cm³/mol. The van der Waals surface area contributed by atoms with Crippen molar-refractivity contribution in [3.8, 4) is 0 Å². The molecule has 0 aromatic carbocycles. The van der Waals surface area contributed by atoms with E-state index in [4.69, 9.17) is 11.0 Å². The molecule has 16 heavy (non-hydrogen) atoms. The number of hydrogen-bond donors (Lipinski definition) is 4. The van der Waals surface area contributed by atoms with Crippen molar-refractivity contribution in [3.63, 3.8) is 0 Å². The first-order valence-corrected chi connectivity index (χ1v) is 6.18. The lowest BCUT2D eigenvalue weighted by Crippen LogP contribution is -2.23. The molecule has 0 aliphatic rings. The summed E-state index contributed by atoms with van der Waals surface area (Å²) in [5.41, 5.74) is 3.12. The number of sulfonamides is 1. The fourth-order valence-corrected chi connectivity index (χ4v) is 1.47. The number of hydrogen-bond acceptors (Lipinski definition) is 7. The lowest BCUT2D eigenvalue weighted by Gasteiger charge is -2.09. The second-order valence-corrected chi connectivity index (χ2v) is 4.87. The summed E-state index contributed by atoms with van der Waals surface area (Å²) in [6, 6.07) is 0. The van der Waals surface area contributed by atoms with E-state index in [1.807, 2.05) is 0 Å². The number of hydrazine groups is 1. The van der Waals surface area contributed by atoms with Crippen LogP contribution in [0.5, 0.6) is 0 Å². The molecule has 0 aliphatic heterocycles. The molecule has 0 amide bonds. The van der Waals surface area contributed by atoms with Crippen LogP contribution in [0.1, 0.15) is 5.56 Å². The molecule has 9 heteroatoms. The number of anilines is 2. The zero-order valence-electron chi connectivity index (χ0n) is 8.77. The van der Waals surface area contributed by atoms with E-state index in [2.05, 4.69) is 20.7 Å². The lowest BCUT2D eigenvalue weighted by molar-refractivity contribution is 0.598. The van der Waals surface area contributed by atoms with Crippen molar-refractivity contribution in [2.45, 2.75) is 6.92 Å². The van der Waals surface area contributed by atoms with E-state index in [1.165, 1.54) is 6.33 Å². The first kappa shape index (κ1) is 12.6. The highest BCUT2D eigenvalue weighted by atomic mass is 32.2. The smallest absolute Gasteiger partial charge is 0.210 e. The minimum atomic E-state index is -3.47. The Bertz CT molecular complexity index is 460. The molecule has 0 unspecified atom stereocenters. The van der Waals surface area contributed by atoms with Crippen LogP contribution in [-0.4, -0.2) is 30.7 Å². The zero-order valence-corrected chi connectivity index (χ0v) is 9.58. The summed E-state index contributed by atoms with van der Waals surface area (Å²) in [6.07, 6.45) is 1.32. The lowest BCUT2D eigenvalue weighted by atomic mass is 10.3. The van der Waals surface area contributed by atoms with Crippen LogP contribution in [0.3, 0.4) is 0 Å². The van der Waals surface area contributed by atoms with Gasteiger partial charge in [0.2, 0.25) is 10.0 Å². The Labute approximate surface area is 93.5 Å². The molecular weight excluding hydrogens is 232 g/mol. The van der Waals surface area contributed by atoms with E-state index in [0.717, 1.165) is 0 Å².